The minimum Gasteiger partial charge on any atom is -0.497 e. The Morgan fingerprint density at radius 3 is 2.55 bits per heavy atom. The maximum absolute atomic E-state index is 12.9. The van der Waals surface area contributed by atoms with Crippen molar-refractivity contribution in [1.29, 1.82) is 0 Å². The third-order valence-corrected chi connectivity index (χ3v) is 5.33. The number of thioether (sulfide) groups is 1. The summed E-state index contributed by atoms with van der Waals surface area (Å²) >= 11 is 1.77. The Morgan fingerprint density at radius 2 is 1.95 bits per heavy atom. The molecule has 1 amide bonds. The number of ether oxygens (including phenoxy) is 2. The lowest BCUT2D eigenvalue weighted by atomic mass is 10.1. The third kappa shape index (κ3) is 3.25. The van der Waals surface area contributed by atoms with Crippen LogP contribution in [0.5, 0.6) is 5.75 Å². The molecule has 4 nitrogen and oxygen atoms in total. The highest BCUT2D eigenvalue weighted by Gasteiger charge is 2.53. The Bertz CT molecular complexity index is 557. The molecule has 5 heteroatoms. The lowest BCUT2D eigenvalue weighted by Crippen LogP contribution is -2.50. The van der Waals surface area contributed by atoms with Crippen molar-refractivity contribution in [2.24, 2.45) is 0 Å². The summed E-state index contributed by atoms with van der Waals surface area (Å²) in [5.41, 5.74) is 0.949. The van der Waals surface area contributed by atoms with E-state index in [1.807, 2.05) is 29.2 Å². The molecule has 0 N–H and O–H groups in total. The largest absolute Gasteiger partial charge is 0.497 e. The van der Waals surface area contributed by atoms with Crippen molar-refractivity contribution in [3.05, 3.63) is 29.8 Å². The molecular formula is C17H25NO3S. The second kappa shape index (κ2) is 6.13. The molecule has 0 saturated carbocycles. The molecule has 1 aliphatic rings. The van der Waals surface area contributed by atoms with Crippen molar-refractivity contribution in [1.82, 2.24) is 4.90 Å². The summed E-state index contributed by atoms with van der Waals surface area (Å²) in [5, 5.41) is 0. The summed E-state index contributed by atoms with van der Waals surface area (Å²) < 4.78 is 10.7. The van der Waals surface area contributed by atoms with Crippen LogP contribution < -0.4 is 4.74 Å². The first-order chi connectivity index (χ1) is 10.2. The first kappa shape index (κ1) is 17.2. The van der Waals surface area contributed by atoms with E-state index in [1.165, 1.54) is 0 Å². The van der Waals surface area contributed by atoms with Crippen LogP contribution >= 0.6 is 11.8 Å². The van der Waals surface area contributed by atoms with Gasteiger partial charge < -0.3 is 14.4 Å². The molecule has 1 saturated heterocycles. The molecule has 1 aliphatic heterocycles. The SMILES string of the molecule is COc1cccc(CC(=O)N2[C@H](OC)C(C)(C)SC2(C)C)c1. The van der Waals surface area contributed by atoms with Crippen molar-refractivity contribution in [3.8, 4) is 5.75 Å². The molecule has 0 radical (unpaired) electrons. The molecule has 0 aliphatic carbocycles. The van der Waals surface area contributed by atoms with Crippen LogP contribution in [0.1, 0.15) is 33.3 Å². The zero-order valence-electron chi connectivity index (χ0n) is 14.2. The van der Waals surface area contributed by atoms with E-state index in [1.54, 1.807) is 26.0 Å². The predicted molar refractivity (Wildman–Crippen MR) is 90.1 cm³/mol. The van der Waals surface area contributed by atoms with Gasteiger partial charge in [-0.25, -0.2) is 0 Å². The van der Waals surface area contributed by atoms with Gasteiger partial charge >= 0.3 is 0 Å². The van der Waals surface area contributed by atoms with Crippen molar-refractivity contribution >= 4 is 17.7 Å². The normalized spacial score (nSPS) is 22.6. The maximum atomic E-state index is 12.9. The number of hydrogen-bond donors (Lipinski definition) is 0. The van der Waals surface area contributed by atoms with E-state index >= 15 is 0 Å². The molecule has 0 spiro atoms. The molecule has 22 heavy (non-hydrogen) atoms. The van der Waals surface area contributed by atoms with Gasteiger partial charge in [0.2, 0.25) is 5.91 Å². The third-order valence-electron chi connectivity index (χ3n) is 3.90. The van der Waals surface area contributed by atoms with Crippen LogP contribution in [-0.4, -0.2) is 40.9 Å². The topological polar surface area (TPSA) is 38.8 Å². The summed E-state index contributed by atoms with van der Waals surface area (Å²) in [6, 6.07) is 7.64. The Morgan fingerprint density at radius 1 is 1.27 bits per heavy atom. The summed E-state index contributed by atoms with van der Waals surface area (Å²) in [5.74, 6) is 0.840. The Balaban J connectivity index is 2.23. The molecule has 1 aromatic rings. The van der Waals surface area contributed by atoms with E-state index in [9.17, 15) is 4.79 Å². The van der Waals surface area contributed by atoms with Crippen molar-refractivity contribution in [2.75, 3.05) is 14.2 Å². The zero-order valence-corrected chi connectivity index (χ0v) is 15.0. The first-order valence-electron chi connectivity index (χ1n) is 7.39. The second-order valence-electron chi connectivity index (χ2n) is 6.53. The van der Waals surface area contributed by atoms with Crippen LogP contribution in [0.4, 0.5) is 0 Å². The zero-order chi connectivity index (χ0) is 16.5. The van der Waals surface area contributed by atoms with Gasteiger partial charge in [0.25, 0.3) is 0 Å². The average molecular weight is 323 g/mol. The average Bonchev–Trinajstić information content (AvgIpc) is 2.62. The number of benzene rings is 1. The van der Waals surface area contributed by atoms with Crippen molar-refractivity contribution in [3.63, 3.8) is 0 Å². The van der Waals surface area contributed by atoms with Gasteiger partial charge in [0.15, 0.2) is 0 Å². The van der Waals surface area contributed by atoms with Crippen LogP contribution in [0.15, 0.2) is 24.3 Å². The van der Waals surface area contributed by atoms with Gasteiger partial charge in [0.05, 0.1) is 23.1 Å². The van der Waals surface area contributed by atoms with Gasteiger partial charge in [-0.3, -0.25) is 4.79 Å². The van der Waals surface area contributed by atoms with E-state index in [4.69, 9.17) is 9.47 Å². The molecule has 0 bridgehead atoms. The predicted octanol–water partition coefficient (Wildman–Crippen LogP) is 3.30. The van der Waals surface area contributed by atoms with E-state index in [-0.39, 0.29) is 21.8 Å². The van der Waals surface area contributed by atoms with E-state index in [0.29, 0.717) is 6.42 Å². The van der Waals surface area contributed by atoms with Crippen molar-refractivity contribution < 1.29 is 14.3 Å². The maximum Gasteiger partial charge on any atom is 0.230 e. The fourth-order valence-corrected chi connectivity index (χ4v) is 5.08. The Labute approximate surface area is 137 Å². The standard InChI is InChI=1S/C17H25NO3S/c1-16(2)15(21-6)18(17(3,4)22-16)14(19)11-12-8-7-9-13(10-12)20-5/h7-10,15H,11H2,1-6H3/t15-/m1/s1. The van der Waals surface area contributed by atoms with Gasteiger partial charge in [-0.2, -0.15) is 0 Å². The minimum atomic E-state index is -0.292. The van der Waals surface area contributed by atoms with Gasteiger partial charge in [-0.15, -0.1) is 11.8 Å². The van der Waals surface area contributed by atoms with E-state index < -0.39 is 0 Å². The highest BCUT2D eigenvalue weighted by molar-refractivity contribution is 8.02. The van der Waals surface area contributed by atoms with E-state index in [2.05, 4.69) is 27.7 Å². The van der Waals surface area contributed by atoms with Gasteiger partial charge in [0, 0.05) is 7.11 Å². The molecule has 122 valence electrons. The molecule has 1 heterocycles. The summed E-state index contributed by atoms with van der Waals surface area (Å²) in [7, 11) is 3.30. The fraction of sp³-hybridized carbons (Fsp3) is 0.588. The number of amides is 1. The molecule has 1 aromatic carbocycles. The van der Waals surface area contributed by atoms with Gasteiger partial charge in [-0.1, -0.05) is 12.1 Å². The van der Waals surface area contributed by atoms with Crippen LogP contribution in [0, 0.1) is 0 Å². The number of carbonyl (C=O) groups is 1. The van der Waals surface area contributed by atoms with Gasteiger partial charge in [0.1, 0.15) is 12.0 Å². The number of hydrogen-bond acceptors (Lipinski definition) is 4. The van der Waals surface area contributed by atoms with Crippen LogP contribution in [-0.2, 0) is 16.0 Å². The molecule has 1 fully saturated rings. The Hall–Kier alpha value is -1.20. The molecule has 1 atom stereocenters. The first-order valence-corrected chi connectivity index (χ1v) is 8.21. The Kier molecular flexibility index (Phi) is 4.78. The quantitative estimate of drug-likeness (QED) is 0.852. The van der Waals surface area contributed by atoms with Gasteiger partial charge in [-0.05, 0) is 45.4 Å². The second-order valence-corrected chi connectivity index (χ2v) is 8.79. The summed E-state index contributed by atoms with van der Waals surface area (Å²) in [4.78, 5) is 14.5. The highest BCUT2D eigenvalue weighted by atomic mass is 32.2. The van der Waals surface area contributed by atoms with E-state index in [0.717, 1.165) is 11.3 Å². The van der Waals surface area contributed by atoms with Crippen LogP contribution in [0.2, 0.25) is 0 Å². The summed E-state index contributed by atoms with van der Waals surface area (Å²) in [6.45, 7) is 8.38. The molecular weight excluding hydrogens is 298 g/mol. The van der Waals surface area contributed by atoms with Crippen LogP contribution in [0.25, 0.3) is 0 Å². The number of methoxy groups -OCH3 is 2. The minimum absolute atomic E-state index is 0.0724. The fourth-order valence-electron chi connectivity index (χ4n) is 3.20. The molecule has 0 unspecified atom stereocenters. The number of nitrogens with zero attached hydrogens (tertiary/aromatic N) is 1. The smallest absolute Gasteiger partial charge is 0.230 e. The number of carbonyl (C=O) groups excluding carboxylic acids is 1. The lowest BCUT2D eigenvalue weighted by Gasteiger charge is -2.35. The van der Waals surface area contributed by atoms with Crippen molar-refractivity contribution in [2.45, 2.75) is 50.0 Å². The van der Waals surface area contributed by atoms with Crippen LogP contribution in [0.3, 0.4) is 0 Å². The lowest BCUT2D eigenvalue weighted by molar-refractivity contribution is -0.148. The highest BCUT2D eigenvalue weighted by Crippen LogP contribution is 2.51. The molecule has 0 aromatic heterocycles. The molecule has 2 rings (SSSR count). The summed E-state index contributed by atoms with van der Waals surface area (Å²) in [6.07, 6.45) is 0.113. The monoisotopic (exact) mass is 323 g/mol. The number of rotatable bonds is 4.